The largest absolute Gasteiger partial charge is 0.492 e. The number of esters is 1. The van der Waals surface area contributed by atoms with Crippen LogP contribution in [0.15, 0.2) is 70.2 Å². The van der Waals surface area contributed by atoms with Crippen molar-refractivity contribution in [2.75, 3.05) is 54.5 Å². The van der Waals surface area contributed by atoms with Crippen LogP contribution in [0, 0.1) is 34.2 Å². The first-order chi connectivity index (χ1) is 43.6. The number of ketones is 1. The van der Waals surface area contributed by atoms with Crippen LogP contribution >= 0.6 is 55.9 Å². The van der Waals surface area contributed by atoms with Gasteiger partial charge in [0.15, 0.2) is 41.8 Å². The Bertz CT molecular complexity index is 3100. The molecule has 4 fully saturated rings. The predicted octanol–water partition coefficient (Wildman–Crippen LogP) is 3.64. The van der Waals surface area contributed by atoms with Crippen LogP contribution in [0.25, 0.3) is 0 Å². The van der Waals surface area contributed by atoms with Gasteiger partial charge in [-0.15, -0.1) is 0 Å². The smallest absolute Gasteiger partial charge is 0.373 e. The van der Waals surface area contributed by atoms with Gasteiger partial charge in [-0.1, -0.05) is 88.2 Å². The zero-order valence-corrected chi connectivity index (χ0v) is 56.3. The number of fused-ring (bicyclic) bond motifs is 2. The van der Waals surface area contributed by atoms with Crippen LogP contribution in [0.4, 0.5) is 0 Å². The van der Waals surface area contributed by atoms with Gasteiger partial charge in [0.25, 0.3) is 0 Å². The van der Waals surface area contributed by atoms with E-state index in [1.165, 1.54) is 62.2 Å². The summed E-state index contributed by atoms with van der Waals surface area (Å²) in [5, 5.41) is 60.5. The molecule has 4 saturated heterocycles. The van der Waals surface area contributed by atoms with Gasteiger partial charge >= 0.3 is 12.1 Å². The number of aliphatic hydroxyl groups is 5. The molecule has 4 aliphatic heterocycles. The molecule has 8 rings (SSSR count). The number of carbonyl (C=O) groups is 3. The Labute approximate surface area is 553 Å². The third kappa shape index (κ3) is 17.9. The van der Waals surface area contributed by atoms with E-state index in [-0.39, 0.29) is 77.3 Å². The first-order valence-corrected chi connectivity index (χ1v) is 33.3. The Kier molecular flexibility index (Phi) is 28.2. The molecule has 2 aromatic carbocycles. The Hall–Kier alpha value is -4.49. The highest BCUT2D eigenvalue weighted by molar-refractivity contribution is 14.1. The topological polar surface area (TPSA) is 331 Å². The second-order valence-corrected chi connectivity index (χ2v) is 26.2. The van der Waals surface area contributed by atoms with Crippen molar-refractivity contribution in [2.24, 2.45) is 0 Å². The molecule has 91 heavy (non-hydrogen) atoms. The van der Waals surface area contributed by atoms with E-state index in [1.807, 2.05) is 59.8 Å². The lowest BCUT2D eigenvalue weighted by molar-refractivity contribution is -0.336. The molecule has 19 atom stereocenters. The number of ether oxygens (including phenoxy) is 12. The number of likely N-dealkylation sites (N-methyl/N-ethyl adjacent to an activating group) is 1. The van der Waals surface area contributed by atoms with Gasteiger partial charge in [-0.3, -0.25) is 19.2 Å². The second kappa shape index (κ2) is 34.8. The SMILES string of the molecule is CCN[C@H]1CO[C@@H](O[C@H]2[C@H](O[C@H]3C#C/C=C\C#C[C@]4(O)CC(=O)C(CC(=O)OC)=C3/C4=C\CSSc3ccccc3)O[C@H](C)[C@@H](NO[C@H]3C[C@H](O)[C@H](SC(=O)c4c(C)c(I)c(O[C@@H]5O[C@@H](C)[C@H](O)[C@@H](OC)[C@H]5O)c(OC)c4OC)[C@@H](C)O3)[C@@H]2O)C[C@@H]1OC.O=C=O. The van der Waals surface area contributed by atoms with Crippen molar-refractivity contribution in [1.82, 2.24) is 10.8 Å². The van der Waals surface area contributed by atoms with Crippen LogP contribution in [0.2, 0.25) is 0 Å². The fourth-order valence-electron chi connectivity index (χ4n) is 11.2. The first-order valence-electron chi connectivity index (χ1n) is 29.0. The molecule has 6 aliphatic rings. The maximum atomic E-state index is 14.5. The number of methoxy groups -OCH3 is 5. The van der Waals surface area contributed by atoms with Crippen molar-refractivity contribution in [2.45, 2.75) is 180 Å². The third-order valence-electron chi connectivity index (χ3n) is 15.8. The highest BCUT2D eigenvalue weighted by atomic mass is 127. The average Bonchev–Trinajstić information content (AvgIpc) is 0.788. The van der Waals surface area contributed by atoms with Crippen molar-refractivity contribution < 1.29 is 111 Å². The van der Waals surface area contributed by atoms with Crippen molar-refractivity contribution in [3.05, 3.63) is 80.0 Å². The zero-order valence-electron chi connectivity index (χ0n) is 51.6. The summed E-state index contributed by atoms with van der Waals surface area (Å²) in [5.74, 6) is 10.9. The van der Waals surface area contributed by atoms with Crippen LogP contribution in [0.1, 0.15) is 69.3 Å². The number of thioether (sulfide) groups is 1. The van der Waals surface area contributed by atoms with E-state index in [0.29, 0.717) is 21.4 Å². The van der Waals surface area contributed by atoms with E-state index in [2.05, 4.69) is 34.5 Å². The lowest BCUT2D eigenvalue weighted by atomic mass is 9.72. The summed E-state index contributed by atoms with van der Waals surface area (Å²) in [5.41, 5.74) is 1.71. The summed E-state index contributed by atoms with van der Waals surface area (Å²) in [6.07, 6.45) is -12.9. The van der Waals surface area contributed by atoms with Crippen molar-refractivity contribution in [1.29, 1.82) is 0 Å². The molecule has 0 amide bonds. The molecule has 7 N–H and O–H groups in total. The number of halogens is 1. The lowest BCUT2D eigenvalue weighted by Crippen LogP contribution is -2.65. The van der Waals surface area contributed by atoms with Crippen molar-refractivity contribution >= 4 is 79.0 Å². The van der Waals surface area contributed by atoms with Gasteiger partial charge in [-0.05, 0) is 86.7 Å². The molecular weight excluding hydrogens is 1360 g/mol. The number of hydroxylamine groups is 1. The fourth-order valence-corrected chi connectivity index (χ4v) is 14.8. The molecule has 0 saturated carbocycles. The molecule has 2 aliphatic carbocycles. The molecule has 2 aromatic rings. The fraction of sp³-hybridized carbons (Fsp3) is 0.581. The standard InChI is InChI=1S/C61H77IN2O21S3.CO2/c1-11-63-37-29-78-43(27-41(37)73-6)83-55-50(69)48(31(3)80-60(55)82-40-21-17-12-13-18-23-61(72)28-39(66)35(25-42(67)74-7)46(40)36(61)22-24-86-88-34-19-15-14-16-20-34)64-85-44-26-38(65)57(33(5)79-44)87-58(71)45-30(2)47(62)53(56(77-10)52(45)75-8)84-59-51(70)54(76-9)49(68)32(4)81-59;2-1-3/h12-16,19-20,22,31-33,37-38,40-41,43-44,48-51,54-55,57,59-60,63-65,68-70,72H,11,24-29H2,1-10H3;/b13-12-,36-22+;/t31-,32+,33-,37+,38+,40+,41+,43+,44+,48-,49+,50+,51-,54-,55-,57-,59+,60+,61+;/m1./s1. The summed E-state index contributed by atoms with van der Waals surface area (Å²) in [7, 11) is 9.84. The quantitative estimate of drug-likeness (QED) is 0.0208. The van der Waals surface area contributed by atoms with Crippen LogP contribution in [0.3, 0.4) is 0 Å². The Balaban J connectivity index is 0.00000384. The van der Waals surface area contributed by atoms with Crippen LogP contribution in [0.5, 0.6) is 17.2 Å². The lowest BCUT2D eigenvalue weighted by Gasteiger charge is -2.46. The van der Waals surface area contributed by atoms with Crippen molar-refractivity contribution in [3.8, 4) is 40.9 Å². The maximum absolute atomic E-state index is 14.5. The number of carbonyl (C=O) groups excluding carboxylic acids is 5. The molecule has 0 radical (unpaired) electrons. The van der Waals surface area contributed by atoms with E-state index in [1.54, 1.807) is 40.9 Å². The molecule has 25 nitrogen and oxygen atoms in total. The Morgan fingerprint density at radius 1 is 0.857 bits per heavy atom. The molecule has 0 spiro atoms. The van der Waals surface area contributed by atoms with Gasteiger partial charge < -0.3 is 87.7 Å². The van der Waals surface area contributed by atoms with Crippen LogP contribution < -0.4 is 25.0 Å². The zero-order chi connectivity index (χ0) is 66.3. The number of benzene rings is 2. The van der Waals surface area contributed by atoms with Gasteiger partial charge in [0.05, 0.1) is 97.8 Å². The third-order valence-corrected chi connectivity index (χ3v) is 20.7. The van der Waals surface area contributed by atoms with E-state index >= 15 is 0 Å². The molecule has 29 heteroatoms. The van der Waals surface area contributed by atoms with E-state index in [0.717, 1.165) is 16.7 Å². The van der Waals surface area contributed by atoms with Gasteiger partial charge in [0, 0.05) is 54.4 Å². The molecule has 0 unspecified atom stereocenters. The van der Waals surface area contributed by atoms with Crippen molar-refractivity contribution in [3.63, 3.8) is 0 Å². The van der Waals surface area contributed by atoms with Gasteiger partial charge in [0.1, 0.15) is 36.6 Å². The highest BCUT2D eigenvalue weighted by Gasteiger charge is 2.52. The Morgan fingerprint density at radius 2 is 1.56 bits per heavy atom. The highest BCUT2D eigenvalue weighted by Crippen LogP contribution is 2.49. The van der Waals surface area contributed by atoms with E-state index in [4.69, 9.17) is 71.3 Å². The monoisotopic (exact) mass is 1440 g/mol. The molecule has 2 bridgehead atoms. The summed E-state index contributed by atoms with van der Waals surface area (Å²) in [6.45, 7) is 9.44. The summed E-state index contributed by atoms with van der Waals surface area (Å²) in [4.78, 5) is 65.3. The Morgan fingerprint density at radius 3 is 2.22 bits per heavy atom. The van der Waals surface area contributed by atoms with Crippen LogP contribution in [-0.2, 0) is 66.6 Å². The average molecular weight is 1440 g/mol. The van der Waals surface area contributed by atoms with E-state index in [9.17, 15) is 39.9 Å². The summed E-state index contributed by atoms with van der Waals surface area (Å²) < 4.78 is 73.0. The normalized spacial score (nSPS) is 33.8. The second-order valence-electron chi connectivity index (χ2n) is 21.6. The summed E-state index contributed by atoms with van der Waals surface area (Å²) >= 11 is 2.83. The number of Topliss-reactive ketones (excluding diaryl/α,β-unsaturated/α-hetero) is 1. The number of allylic oxidation sites excluding steroid dienone is 2. The molecule has 498 valence electrons. The minimum Gasteiger partial charge on any atom is -0.492 e. The number of hydrogen-bond acceptors (Lipinski definition) is 28. The number of rotatable bonds is 23. The number of hydrogen-bond donors (Lipinski definition) is 7. The number of nitrogens with one attached hydrogen (secondary N) is 2. The minimum absolute atomic E-state index is 0.0117. The molecular formula is C62H77IN2O23S3. The first kappa shape index (κ1) is 73.9. The molecule has 0 aromatic heterocycles. The van der Waals surface area contributed by atoms with Crippen LogP contribution in [-0.4, -0.2) is 218 Å². The van der Waals surface area contributed by atoms with E-state index < -0.39 is 133 Å². The molecule has 4 heterocycles. The number of aliphatic hydroxyl groups excluding tert-OH is 4. The van der Waals surface area contributed by atoms with Gasteiger partial charge in [0.2, 0.25) is 17.2 Å². The minimum atomic E-state index is -2.05. The van der Waals surface area contributed by atoms with Gasteiger partial charge in [-0.2, -0.15) is 15.1 Å². The summed E-state index contributed by atoms with van der Waals surface area (Å²) in [6, 6.07) is 8.42. The predicted molar refractivity (Wildman–Crippen MR) is 337 cm³/mol. The maximum Gasteiger partial charge on any atom is 0.373 e. The van der Waals surface area contributed by atoms with Gasteiger partial charge in [-0.25, -0.2) is 0 Å².